The van der Waals surface area contributed by atoms with Crippen molar-refractivity contribution in [2.45, 2.75) is 76.3 Å². The lowest BCUT2D eigenvalue weighted by Gasteiger charge is -2.20. The van der Waals surface area contributed by atoms with Gasteiger partial charge in [-0.2, -0.15) is 11.8 Å². The van der Waals surface area contributed by atoms with Crippen LogP contribution < -0.4 is 5.32 Å². The van der Waals surface area contributed by atoms with Gasteiger partial charge in [0, 0.05) is 22.4 Å². The smallest absolute Gasteiger partial charge is 0.103 e. The number of hydrogen-bond acceptors (Lipinski definition) is 4. The van der Waals surface area contributed by atoms with Crippen LogP contribution in [-0.4, -0.2) is 16.8 Å². The molecule has 0 radical (unpaired) electrons. The SMILES string of the molecule is CCNCc1sc(CSC2CCCCC2)nc1C(C)C. The largest absolute Gasteiger partial charge is 0.312 e. The van der Waals surface area contributed by atoms with Gasteiger partial charge in [0.15, 0.2) is 0 Å². The van der Waals surface area contributed by atoms with Gasteiger partial charge < -0.3 is 5.32 Å². The van der Waals surface area contributed by atoms with E-state index in [0.717, 1.165) is 24.1 Å². The fourth-order valence-electron chi connectivity index (χ4n) is 2.71. The average Bonchev–Trinajstić information content (AvgIpc) is 2.87. The Morgan fingerprint density at radius 2 is 2.05 bits per heavy atom. The van der Waals surface area contributed by atoms with E-state index in [1.54, 1.807) is 0 Å². The van der Waals surface area contributed by atoms with Crippen molar-refractivity contribution in [1.29, 1.82) is 0 Å². The minimum Gasteiger partial charge on any atom is -0.312 e. The Bertz CT molecular complexity index is 395. The third kappa shape index (κ3) is 4.74. The fraction of sp³-hybridized carbons (Fsp3) is 0.812. The molecule has 2 nitrogen and oxygen atoms in total. The van der Waals surface area contributed by atoms with E-state index in [2.05, 4.69) is 37.8 Å². The van der Waals surface area contributed by atoms with E-state index >= 15 is 0 Å². The molecule has 0 spiro atoms. The van der Waals surface area contributed by atoms with Crippen LogP contribution in [0.2, 0.25) is 0 Å². The van der Waals surface area contributed by atoms with Crippen LogP contribution in [0.4, 0.5) is 0 Å². The third-order valence-electron chi connectivity index (χ3n) is 3.85. The highest BCUT2D eigenvalue weighted by Gasteiger charge is 2.17. The molecule has 1 N–H and O–H groups in total. The first-order chi connectivity index (χ1) is 9.70. The predicted molar refractivity (Wildman–Crippen MR) is 91.8 cm³/mol. The number of hydrogen-bond donors (Lipinski definition) is 1. The first-order valence-electron chi connectivity index (χ1n) is 8.01. The molecule has 1 aromatic heterocycles. The molecule has 1 aliphatic rings. The maximum Gasteiger partial charge on any atom is 0.103 e. The van der Waals surface area contributed by atoms with Crippen molar-refractivity contribution in [2.75, 3.05) is 6.54 Å². The fourth-order valence-corrected chi connectivity index (χ4v) is 5.25. The Hall–Kier alpha value is -0.0600. The highest BCUT2D eigenvalue weighted by Crippen LogP contribution is 2.33. The summed E-state index contributed by atoms with van der Waals surface area (Å²) in [7, 11) is 0. The number of aromatic nitrogens is 1. The zero-order chi connectivity index (χ0) is 14.4. The van der Waals surface area contributed by atoms with Gasteiger partial charge in [-0.3, -0.25) is 0 Å². The molecule has 1 fully saturated rings. The van der Waals surface area contributed by atoms with Crippen LogP contribution in [0.25, 0.3) is 0 Å². The van der Waals surface area contributed by atoms with Gasteiger partial charge in [0.1, 0.15) is 5.01 Å². The van der Waals surface area contributed by atoms with Gasteiger partial charge in [0.2, 0.25) is 0 Å². The minimum absolute atomic E-state index is 0.535. The molecule has 2 rings (SSSR count). The number of thioether (sulfide) groups is 1. The Kier molecular flexibility index (Phi) is 6.85. The lowest BCUT2D eigenvalue weighted by atomic mass is 10.0. The Morgan fingerprint density at radius 1 is 1.30 bits per heavy atom. The quantitative estimate of drug-likeness (QED) is 0.771. The van der Waals surface area contributed by atoms with Gasteiger partial charge in [0.05, 0.1) is 5.69 Å². The van der Waals surface area contributed by atoms with Crippen LogP contribution >= 0.6 is 23.1 Å². The monoisotopic (exact) mass is 312 g/mol. The molecule has 20 heavy (non-hydrogen) atoms. The lowest BCUT2D eigenvalue weighted by Crippen LogP contribution is -2.12. The molecular weight excluding hydrogens is 284 g/mol. The van der Waals surface area contributed by atoms with Crippen LogP contribution in [0.5, 0.6) is 0 Å². The van der Waals surface area contributed by atoms with Gasteiger partial charge in [-0.1, -0.05) is 40.0 Å². The molecular formula is C16H28N2S2. The molecule has 1 aliphatic carbocycles. The molecule has 1 saturated carbocycles. The number of rotatable bonds is 7. The van der Waals surface area contributed by atoms with Crippen LogP contribution in [-0.2, 0) is 12.3 Å². The zero-order valence-electron chi connectivity index (χ0n) is 13.1. The lowest BCUT2D eigenvalue weighted by molar-refractivity contribution is 0.516. The summed E-state index contributed by atoms with van der Waals surface area (Å²) in [5.41, 5.74) is 1.31. The number of nitrogens with zero attached hydrogens (tertiary/aromatic N) is 1. The maximum atomic E-state index is 4.90. The molecule has 0 aliphatic heterocycles. The summed E-state index contributed by atoms with van der Waals surface area (Å²) in [6.07, 6.45) is 7.13. The van der Waals surface area contributed by atoms with Gasteiger partial charge in [-0.15, -0.1) is 11.3 Å². The van der Waals surface area contributed by atoms with Crippen molar-refractivity contribution in [3.8, 4) is 0 Å². The molecule has 0 bridgehead atoms. The van der Waals surface area contributed by atoms with Gasteiger partial charge >= 0.3 is 0 Å². The molecule has 0 amide bonds. The molecule has 4 heteroatoms. The van der Waals surface area contributed by atoms with Crippen molar-refractivity contribution in [3.05, 3.63) is 15.6 Å². The van der Waals surface area contributed by atoms with Crippen molar-refractivity contribution >= 4 is 23.1 Å². The summed E-state index contributed by atoms with van der Waals surface area (Å²) >= 11 is 4.06. The maximum absolute atomic E-state index is 4.90. The first-order valence-corrected chi connectivity index (χ1v) is 9.88. The van der Waals surface area contributed by atoms with Gasteiger partial charge in [-0.05, 0) is 25.3 Å². The van der Waals surface area contributed by atoms with Gasteiger partial charge in [-0.25, -0.2) is 4.98 Å². The molecule has 0 saturated heterocycles. The second-order valence-electron chi connectivity index (χ2n) is 5.92. The molecule has 114 valence electrons. The van der Waals surface area contributed by atoms with E-state index in [0.29, 0.717) is 5.92 Å². The highest BCUT2D eigenvalue weighted by atomic mass is 32.2. The Morgan fingerprint density at radius 3 is 2.70 bits per heavy atom. The predicted octanol–water partition coefficient (Wildman–Crippen LogP) is 4.94. The molecule has 0 atom stereocenters. The summed E-state index contributed by atoms with van der Waals surface area (Å²) in [5.74, 6) is 1.65. The van der Waals surface area contributed by atoms with Crippen molar-refractivity contribution in [3.63, 3.8) is 0 Å². The van der Waals surface area contributed by atoms with Crippen LogP contribution in [0.15, 0.2) is 0 Å². The Labute approximate surface area is 132 Å². The van der Waals surface area contributed by atoms with Crippen LogP contribution in [0, 0.1) is 0 Å². The topological polar surface area (TPSA) is 24.9 Å². The van der Waals surface area contributed by atoms with Gasteiger partial charge in [0.25, 0.3) is 0 Å². The number of thiazole rings is 1. The van der Waals surface area contributed by atoms with Crippen molar-refractivity contribution in [2.24, 2.45) is 0 Å². The van der Waals surface area contributed by atoms with E-state index in [1.165, 1.54) is 47.7 Å². The van der Waals surface area contributed by atoms with E-state index in [-0.39, 0.29) is 0 Å². The van der Waals surface area contributed by atoms with Crippen LogP contribution in [0.3, 0.4) is 0 Å². The normalized spacial score (nSPS) is 17.0. The average molecular weight is 313 g/mol. The Balaban J connectivity index is 1.93. The summed E-state index contributed by atoms with van der Waals surface area (Å²) in [5, 5.41) is 5.65. The second-order valence-corrected chi connectivity index (χ2v) is 8.38. The second kappa shape index (κ2) is 8.40. The van der Waals surface area contributed by atoms with Crippen molar-refractivity contribution < 1.29 is 0 Å². The van der Waals surface area contributed by atoms with E-state index < -0.39 is 0 Å². The summed E-state index contributed by atoms with van der Waals surface area (Å²) in [6.45, 7) is 8.68. The highest BCUT2D eigenvalue weighted by molar-refractivity contribution is 7.99. The summed E-state index contributed by atoms with van der Waals surface area (Å²) < 4.78 is 0. The zero-order valence-corrected chi connectivity index (χ0v) is 14.7. The first kappa shape index (κ1) is 16.3. The van der Waals surface area contributed by atoms with E-state index in [4.69, 9.17) is 4.98 Å². The minimum atomic E-state index is 0.535. The number of nitrogens with one attached hydrogen (secondary N) is 1. The molecule has 1 heterocycles. The summed E-state index contributed by atoms with van der Waals surface area (Å²) in [6, 6.07) is 0. The summed E-state index contributed by atoms with van der Waals surface area (Å²) in [4.78, 5) is 6.35. The molecule has 0 unspecified atom stereocenters. The molecule has 0 aromatic carbocycles. The van der Waals surface area contributed by atoms with Crippen molar-refractivity contribution in [1.82, 2.24) is 10.3 Å². The van der Waals surface area contributed by atoms with E-state index in [9.17, 15) is 0 Å². The third-order valence-corrected chi connectivity index (χ3v) is 6.49. The molecule has 1 aromatic rings. The standard InChI is InChI=1S/C16H28N2S2/c1-4-17-10-14-16(12(2)3)18-15(20-14)11-19-13-8-6-5-7-9-13/h12-13,17H,4-11H2,1-3H3. The van der Waals surface area contributed by atoms with Crippen LogP contribution in [0.1, 0.15) is 74.4 Å². The van der Waals surface area contributed by atoms with E-state index in [1.807, 2.05) is 11.3 Å².